The summed E-state index contributed by atoms with van der Waals surface area (Å²) in [6.45, 7) is 0. The molecule has 1 heterocycles. The Balaban J connectivity index is 0.00000225. The fraction of sp³-hybridized carbons (Fsp3) is 0.375. The van der Waals surface area contributed by atoms with Gasteiger partial charge in [0.1, 0.15) is 0 Å². The Morgan fingerprint density at radius 1 is 1.32 bits per heavy atom. The zero-order valence-corrected chi connectivity index (χ0v) is 14.7. The van der Waals surface area contributed by atoms with Crippen LogP contribution in [0.25, 0.3) is 0 Å². The molecule has 25 heavy (non-hydrogen) atoms. The van der Waals surface area contributed by atoms with Gasteiger partial charge in [0.2, 0.25) is 5.91 Å². The Morgan fingerprint density at radius 2 is 2.00 bits per heavy atom. The largest absolute Gasteiger partial charge is 0.416 e. The number of nitrogens with two attached hydrogens (primary N) is 1. The first-order chi connectivity index (χ1) is 11.3. The Morgan fingerprint density at radius 3 is 2.64 bits per heavy atom. The first-order valence-corrected chi connectivity index (χ1v) is 8.33. The molecule has 0 saturated heterocycles. The van der Waals surface area contributed by atoms with E-state index in [-0.39, 0.29) is 30.8 Å². The fourth-order valence-electron chi connectivity index (χ4n) is 2.61. The Kier molecular flexibility index (Phi) is 6.08. The predicted octanol–water partition coefficient (Wildman–Crippen LogP) is 3.58. The van der Waals surface area contributed by atoms with E-state index >= 15 is 0 Å². The van der Waals surface area contributed by atoms with Gasteiger partial charge in [-0.1, -0.05) is 12.1 Å². The van der Waals surface area contributed by atoms with Gasteiger partial charge in [-0.25, -0.2) is 4.98 Å². The third kappa shape index (κ3) is 4.93. The van der Waals surface area contributed by atoms with Crippen LogP contribution in [-0.4, -0.2) is 16.9 Å². The molecule has 0 aliphatic heterocycles. The van der Waals surface area contributed by atoms with Crippen LogP contribution in [0.5, 0.6) is 0 Å². The minimum absolute atomic E-state index is 0. The summed E-state index contributed by atoms with van der Waals surface area (Å²) in [4.78, 5) is 17.5. The number of rotatable bonds is 3. The zero-order valence-electron chi connectivity index (χ0n) is 13.1. The second-order valence-corrected chi connectivity index (χ2v) is 6.90. The van der Waals surface area contributed by atoms with Crippen molar-refractivity contribution in [3.05, 3.63) is 46.0 Å². The van der Waals surface area contributed by atoms with Gasteiger partial charge >= 0.3 is 6.18 Å². The number of carbonyl (C=O) groups excluding carboxylic acids is 1. The number of alkyl halides is 3. The molecule has 0 unspecified atom stereocenters. The van der Waals surface area contributed by atoms with Gasteiger partial charge in [-0.2, -0.15) is 13.2 Å². The monoisotopic (exact) mass is 391 g/mol. The van der Waals surface area contributed by atoms with E-state index < -0.39 is 11.7 Å². The third-order valence-electron chi connectivity index (χ3n) is 3.87. The number of hydrogen-bond acceptors (Lipinski definition) is 4. The van der Waals surface area contributed by atoms with Crippen molar-refractivity contribution in [3.63, 3.8) is 0 Å². The number of anilines is 1. The summed E-state index contributed by atoms with van der Waals surface area (Å²) >= 11 is 1.41. The molecule has 2 aromatic rings. The minimum atomic E-state index is -4.37. The first kappa shape index (κ1) is 19.7. The highest BCUT2D eigenvalue weighted by Crippen LogP contribution is 2.30. The van der Waals surface area contributed by atoms with Crippen LogP contribution >= 0.6 is 23.7 Å². The van der Waals surface area contributed by atoms with Crippen LogP contribution in [0.4, 0.5) is 18.3 Å². The van der Waals surface area contributed by atoms with E-state index in [0.29, 0.717) is 10.7 Å². The van der Waals surface area contributed by atoms with Crippen LogP contribution in [0.1, 0.15) is 28.1 Å². The van der Waals surface area contributed by atoms with E-state index in [0.717, 1.165) is 42.0 Å². The lowest BCUT2D eigenvalue weighted by Gasteiger charge is -2.15. The number of fused-ring (bicyclic) bond motifs is 1. The lowest BCUT2D eigenvalue weighted by atomic mass is 9.99. The molecule has 4 nitrogen and oxygen atoms in total. The molecular formula is C16H17ClF3N3OS. The number of nitrogens with zero attached hydrogens (tertiary/aromatic N) is 1. The molecule has 1 atom stereocenters. The summed E-state index contributed by atoms with van der Waals surface area (Å²) in [6, 6.07) is 4.72. The highest BCUT2D eigenvalue weighted by atomic mass is 35.5. The topological polar surface area (TPSA) is 68.0 Å². The predicted molar refractivity (Wildman–Crippen MR) is 93.1 cm³/mol. The molecular weight excluding hydrogens is 375 g/mol. The number of halogens is 4. The maximum Gasteiger partial charge on any atom is 0.416 e. The van der Waals surface area contributed by atoms with Gasteiger partial charge in [-0.3, -0.25) is 4.79 Å². The molecule has 136 valence electrons. The molecule has 1 aliphatic rings. The lowest BCUT2D eigenvalue weighted by Crippen LogP contribution is -2.27. The number of amides is 1. The Hall–Kier alpha value is -1.64. The third-order valence-corrected chi connectivity index (χ3v) is 4.91. The standard InChI is InChI=1S/C16H16F3N3OS.ClH/c17-16(18,19)10-3-1-9(2-4-10)7-14(23)22-15-21-12-6-5-11(20)8-13(12)24-15;/h1-4,11H,5-8,20H2,(H,21,22,23);1H/t11-;/m0./s1. The zero-order chi connectivity index (χ0) is 17.3. The molecule has 1 aromatic heterocycles. The van der Waals surface area contributed by atoms with Crippen molar-refractivity contribution in [2.75, 3.05) is 5.32 Å². The molecule has 1 aromatic carbocycles. The summed E-state index contributed by atoms with van der Waals surface area (Å²) in [5.74, 6) is -0.301. The Bertz CT molecular complexity index is 746. The van der Waals surface area contributed by atoms with Crippen LogP contribution in [0.3, 0.4) is 0 Å². The van der Waals surface area contributed by atoms with Crippen LogP contribution in [0, 0.1) is 0 Å². The van der Waals surface area contributed by atoms with Crippen molar-refractivity contribution >= 4 is 34.8 Å². The fourth-order valence-corrected chi connectivity index (χ4v) is 3.73. The molecule has 9 heteroatoms. The number of aromatic nitrogens is 1. The molecule has 1 aliphatic carbocycles. The van der Waals surface area contributed by atoms with Gasteiger partial charge in [-0.05, 0) is 37.0 Å². The maximum absolute atomic E-state index is 12.5. The summed E-state index contributed by atoms with van der Waals surface area (Å²) in [6.07, 6.45) is -1.91. The van der Waals surface area contributed by atoms with Crippen molar-refractivity contribution in [1.29, 1.82) is 0 Å². The smallest absolute Gasteiger partial charge is 0.327 e. The van der Waals surface area contributed by atoms with Crippen molar-refractivity contribution in [3.8, 4) is 0 Å². The summed E-state index contributed by atoms with van der Waals surface area (Å²) in [5, 5.41) is 3.23. The lowest BCUT2D eigenvalue weighted by molar-refractivity contribution is -0.137. The van der Waals surface area contributed by atoms with E-state index in [9.17, 15) is 18.0 Å². The minimum Gasteiger partial charge on any atom is -0.327 e. The maximum atomic E-state index is 12.5. The highest BCUT2D eigenvalue weighted by molar-refractivity contribution is 7.15. The van der Waals surface area contributed by atoms with Crippen molar-refractivity contribution in [2.24, 2.45) is 5.73 Å². The van der Waals surface area contributed by atoms with E-state index in [1.54, 1.807) is 0 Å². The van der Waals surface area contributed by atoms with Gasteiger partial charge < -0.3 is 11.1 Å². The summed E-state index contributed by atoms with van der Waals surface area (Å²) in [5.41, 5.74) is 6.69. The average Bonchev–Trinajstić information content (AvgIpc) is 2.87. The van der Waals surface area contributed by atoms with Crippen molar-refractivity contribution in [1.82, 2.24) is 4.98 Å². The van der Waals surface area contributed by atoms with Gasteiger partial charge in [-0.15, -0.1) is 23.7 Å². The molecule has 3 rings (SSSR count). The second-order valence-electron chi connectivity index (χ2n) is 5.81. The number of thiazole rings is 1. The van der Waals surface area contributed by atoms with Gasteiger partial charge in [0.15, 0.2) is 5.13 Å². The number of aryl methyl sites for hydroxylation is 1. The van der Waals surface area contributed by atoms with Gasteiger partial charge in [0.25, 0.3) is 0 Å². The van der Waals surface area contributed by atoms with E-state index in [1.807, 2.05) is 0 Å². The molecule has 0 bridgehead atoms. The van der Waals surface area contributed by atoms with Crippen LogP contribution in [0.15, 0.2) is 24.3 Å². The second kappa shape index (κ2) is 7.72. The molecule has 1 amide bonds. The highest BCUT2D eigenvalue weighted by Gasteiger charge is 2.30. The number of carbonyl (C=O) groups is 1. The number of nitrogens with one attached hydrogen (secondary N) is 1. The Labute approximate surface area is 153 Å². The van der Waals surface area contributed by atoms with E-state index in [2.05, 4.69) is 10.3 Å². The van der Waals surface area contributed by atoms with Crippen molar-refractivity contribution in [2.45, 2.75) is 37.9 Å². The summed E-state index contributed by atoms with van der Waals surface area (Å²) < 4.78 is 37.5. The SMILES string of the molecule is Cl.N[C@H]1CCc2nc(NC(=O)Cc3ccc(C(F)(F)F)cc3)sc2C1. The van der Waals surface area contributed by atoms with Crippen LogP contribution in [0.2, 0.25) is 0 Å². The van der Waals surface area contributed by atoms with E-state index in [1.165, 1.54) is 23.5 Å². The van der Waals surface area contributed by atoms with E-state index in [4.69, 9.17) is 5.73 Å². The molecule has 0 radical (unpaired) electrons. The van der Waals surface area contributed by atoms with Crippen LogP contribution < -0.4 is 11.1 Å². The molecule has 0 spiro atoms. The number of hydrogen-bond donors (Lipinski definition) is 2. The average molecular weight is 392 g/mol. The molecule has 3 N–H and O–H groups in total. The first-order valence-electron chi connectivity index (χ1n) is 7.51. The van der Waals surface area contributed by atoms with Crippen molar-refractivity contribution < 1.29 is 18.0 Å². The summed E-state index contributed by atoms with van der Waals surface area (Å²) in [7, 11) is 0. The quantitative estimate of drug-likeness (QED) is 0.840. The normalized spacial score (nSPS) is 16.7. The molecule has 0 fully saturated rings. The van der Waals surface area contributed by atoms with Gasteiger partial charge in [0.05, 0.1) is 17.7 Å². The number of benzene rings is 1. The molecule has 0 saturated carbocycles. The van der Waals surface area contributed by atoms with Crippen LogP contribution in [-0.2, 0) is 30.2 Å². The van der Waals surface area contributed by atoms with Gasteiger partial charge in [0, 0.05) is 10.9 Å².